The number of aliphatic carboxylic acids is 1. The lowest BCUT2D eigenvalue weighted by Gasteiger charge is -2.01. The average Bonchev–Trinajstić information content (AvgIpc) is 2.25. The minimum atomic E-state index is -0.873. The van der Waals surface area contributed by atoms with Gasteiger partial charge in [-0.15, -0.1) is 0 Å². The summed E-state index contributed by atoms with van der Waals surface area (Å²) in [7, 11) is 1.55. The summed E-state index contributed by atoms with van der Waals surface area (Å²) in [5, 5.41) is 15.1. The number of hydrogen-bond acceptors (Lipinski definition) is 3. The molecule has 86 valence electrons. The Morgan fingerprint density at radius 2 is 2.25 bits per heavy atom. The van der Waals surface area contributed by atoms with Gasteiger partial charge in [-0.25, -0.2) is 0 Å². The van der Waals surface area contributed by atoms with Gasteiger partial charge < -0.3 is 10.4 Å². The van der Waals surface area contributed by atoms with Gasteiger partial charge >= 0.3 is 5.97 Å². The van der Waals surface area contributed by atoms with Gasteiger partial charge in [-0.3, -0.25) is 9.59 Å². The van der Waals surface area contributed by atoms with E-state index in [1.807, 2.05) is 0 Å². The van der Waals surface area contributed by atoms with E-state index >= 15 is 0 Å². The fourth-order valence-corrected chi connectivity index (χ4v) is 1.27. The summed E-state index contributed by atoms with van der Waals surface area (Å²) in [5.74, 6) is -1.07. The van der Waals surface area contributed by atoms with Gasteiger partial charge in [0.25, 0.3) is 5.91 Å². The lowest BCUT2D eigenvalue weighted by atomic mass is 10.2. The maximum absolute atomic E-state index is 11.4. The van der Waals surface area contributed by atoms with Crippen LogP contribution in [0.15, 0.2) is 12.3 Å². The molecular weight excluding hydrogens is 210 g/mol. The molecule has 0 aliphatic rings. The van der Waals surface area contributed by atoms with Gasteiger partial charge in [-0.2, -0.15) is 0 Å². The van der Waals surface area contributed by atoms with Crippen molar-refractivity contribution < 1.29 is 19.4 Å². The number of aryl methyl sites for hydroxylation is 2. The van der Waals surface area contributed by atoms with Crippen LogP contribution < -0.4 is 10.00 Å². The predicted molar refractivity (Wildman–Crippen MR) is 54.8 cm³/mol. The molecular formula is C10H14N3O3+. The smallest absolute Gasteiger partial charge is 0.309 e. The standard InChI is InChI=1S/C10H13N3O3/c1-7-8(10(16)11-2)3-5-13(12-7)6-4-9(14)15/h3,5H,4,6H2,1-2H3,(H-,11,14,15,16)/p+1. The van der Waals surface area contributed by atoms with Crippen molar-refractivity contribution in [1.29, 1.82) is 0 Å². The molecule has 1 heterocycles. The summed E-state index contributed by atoms with van der Waals surface area (Å²) >= 11 is 0. The molecule has 1 amide bonds. The Kier molecular flexibility index (Phi) is 3.93. The summed E-state index contributed by atoms with van der Waals surface area (Å²) in [6, 6.07) is 1.63. The van der Waals surface area contributed by atoms with Crippen LogP contribution in [-0.4, -0.2) is 29.1 Å². The number of rotatable bonds is 4. The number of nitrogens with one attached hydrogen (secondary N) is 1. The number of amides is 1. The van der Waals surface area contributed by atoms with Gasteiger partial charge in [-0.1, -0.05) is 4.68 Å². The topological polar surface area (TPSA) is 83.2 Å². The number of carbonyl (C=O) groups excluding carboxylic acids is 1. The first-order valence-corrected chi connectivity index (χ1v) is 4.86. The van der Waals surface area contributed by atoms with Crippen LogP contribution in [0, 0.1) is 6.92 Å². The number of carbonyl (C=O) groups is 2. The van der Waals surface area contributed by atoms with Crippen molar-refractivity contribution in [2.24, 2.45) is 0 Å². The summed E-state index contributed by atoms with van der Waals surface area (Å²) in [6.45, 7) is 2.01. The van der Waals surface area contributed by atoms with Crippen molar-refractivity contribution in [2.75, 3.05) is 7.05 Å². The molecule has 0 aromatic carbocycles. The first kappa shape index (κ1) is 12.1. The molecule has 0 radical (unpaired) electrons. The molecule has 1 rings (SSSR count). The van der Waals surface area contributed by atoms with E-state index in [0.29, 0.717) is 17.8 Å². The minimum Gasteiger partial charge on any atom is -0.481 e. The molecule has 6 heteroatoms. The maximum Gasteiger partial charge on any atom is 0.309 e. The highest BCUT2D eigenvalue weighted by molar-refractivity contribution is 5.94. The van der Waals surface area contributed by atoms with Crippen LogP contribution in [-0.2, 0) is 11.3 Å². The lowest BCUT2D eigenvalue weighted by molar-refractivity contribution is -0.753. The Hall–Kier alpha value is -1.98. The molecule has 0 atom stereocenters. The number of aromatic nitrogens is 2. The number of nitrogens with zero attached hydrogens (tertiary/aromatic N) is 2. The molecule has 0 fully saturated rings. The molecule has 16 heavy (non-hydrogen) atoms. The fourth-order valence-electron chi connectivity index (χ4n) is 1.27. The normalized spacial score (nSPS) is 9.88. The Morgan fingerprint density at radius 1 is 1.56 bits per heavy atom. The Balaban J connectivity index is 2.82. The first-order chi connectivity index (χ1) is 7.54. The summed E-state index contributed by atoms with van der Waals surface area (Å²) in [6.07, 6.45) is 1.61. The maximum atomic E-state index is 11.4. The van der Waals surface area contributed by atoms with Gasteiger partial charge in [0, 0.05) is 13.1 Å². The van der Waals surface area contributed by atoms with Crippen molar-refractivity contribution in [3.8, 4) is 0 Å². The molecule has 1 aromatic heterocycles. The van der Waals surface area contributed by atoms with E-state index in [4.69, 9.17) is 5.11 Å². The third-order valence-electron chi connectivity index (χ3n) is 2.11. The van der Waals surface area contributed by atoms with Crippen LogP contribution in [0.5, 0.6) is 0 Å². The van der Waals surface area contributed by atoms with E-state index in [-0.39, 0.29) is 12.3 Å². The van der Waals surface area contributed by atoms with Crippen LogP contribution in [0.25, 0.3) is 0 Å². The second-order valence-electron chi connectivity index (χ2n) is 3.30. The Bertz CT molecular complexity index is 418. The van der Waals surface area contributed by atoms with E-state index in [9.17, 15) is 9.59 Å². The van der Waals surface area contributed by atoms with Crippen LogP contribution in [0.1, 0.15) is 22.5 Å². The predicted octanol–water partition coefficient (Wildman–Crippen LogP) is -0.488. The van der Waals surface area contributed by atoms with E-state index < -0.39 is 5.97 Å². The molecule has 0 bridgehead atoms. The quantitative estimate of drug-likeness (QED) is 0.676. The zero-order valence-electron chi connectivity index (χ0n) is 9.23. The third-order valence-corrected chi connectivity index (χ3v) is 2.11. The number of carboxylic acid groups (broad SMARTS) is 1. The molecule has 1 aromatic rings. The fraction of sp³-hybridized carbons (Fsp3) is 0.400. The molecule has 0 unspecified atom stereocenters. The van der Waals surface area contributed by atoms with Gasteiger partial charge in [0.15, 0.2) is 12.7 Å². The van der Waals surface area contributed by atoms with Crippen molar-refractivity contribution in [3.63, 3.8) is 0 Å². The molecule has 6 nitrogen and oxygen atoms in total. The highest BCUT2D eigenvalue weighted by Gasteiger charge is 2.13. The summed E-state index contributed by atoms with van der Waals surface area (Å²) in [4.78, 5) is 21.7. The van der Waals surface area contributed by atoms with Gasteiger partial charge in [0.1, 0.15) is 12.1 Å². The highest BCUT2D eigenvalue weighted by Crippen LogP contribution is 2.00. The van der Waals surface area contributed by atoms with Crippen molar-refractivity contribution in [1.82, 2.24) is 10.4 Å². The second-order valence-corrected chi connectivity index (χ2v) is 3.30. The van der Waals surface area contributed by atoms with E-state index in [2.05, 4.69) is 10.4 Å². The van der Waals surface area contributed by atoms with Crippen molar-refractivity contribution in [2.45, 2.75) is 19.9 Å². The van der Waals surface area contributed by atoms with Crippen LogP contribution in [0.4, 0.5) is 0 Å². The van der Waals surface area contributed by atoms with E-state index in [1.54, 1.807) is 26.2 Å². The number of carboxylic acids is 1. The first-order valence-electron chi connectivity index (χ1n) is 4.86. The van der Waals surface area contributed by atoms with Crippen molar-refractivity contribution in [3.05, 3.63) is 23.5 Å². The average molecular weight is 224 g/mol. The number of hydrogen-bond donors (Lipinski definition) is 2. The van der Waals surface area contributed by atoms with Crippen LogP contribution in [0.2, 0.25) is 0 Å². The molecule has 0 aliphatic heterocycles. The third kappa shape index (κ3) is 3.01. The molecule has 0 aliphatic carbocycles. The van der Waals surface area contributed by atoms with Crippen molar-refractivity contribution >= 4 is 11.9 Å². The largest absolute Gasteiger partial charge is 0.481 e. The zero-order valence-corrected chi connectivity index (χ0v) is 9.23. The summed E-state index contributed by atoms with van der Waals surface area (Å²) < 4.78 is 1.51. The molecule has 0 spiro atoms. The van der Waals surface area contributed by atoms with Gasteiger partial charge in [0.05, 0.1) is 5.56 Å². The molecule has 0 saturated heterocycles. The van der Waals surface area contributed by atoms with E-state index in [0.717, 1.165) is 0 Å². The van der Waals surface area contributed by atoms with Crippen LogP contribution >= 0.6 is 0 Å². The second kappa shape index (κ2) is 5.20. The van der Waals surface area contributed by atoms with Crippen LogP contribution in [0.3, 0.4) is 0 Å². The summed E-state index contributed by atoms with van der Waals surface area (Å²) in [5.41, 5.74) is 1.07. The van der Waals surface area contributed by atoms with E-state index in [1.165, 1.54) is 4.68 Å². The molecule has 0 saturated carbocycles. The Labute approximate surface area is 92.9 Å². The van der Waals surface area contributed by atoms with Gasteiger partial charge in [-0.05, 0) is 12.0 Å². The lowest BCUT2D eigenvalue weighted by Crippen LogP contribution is -2.40. The minimum absolute atomic E-state index is 0.0103. The molecule has 2 N–H and O–H groups in total. The SMILES string of the molecule is CNC(=O)c1cc[n+](CCC(=O)O)nc1C. The monoisotopic (exact) mass is 224 g/mol. The highest BCUT2D eigenvalue weighted by atomic mass is 16.4. The Morgan fingerprint density at radius 3 is 2.75 bits per heavy atom. The zero-order chi connectivity index (χ0) is 12.1. The van der Waals surface area contributed by atoms with Gasteiger partial charge in [0.2, 0.25) is 0 Å².